The van der Waals surface area contributed by atoms with Gasteiger partial charge in [0, 0.05) is 18.4 Å². The summed E-state index contributed by atoms with van der Waals surface area (Å²) in [7, 11) is 0. The number of rotatable bonds is 19. The number of carbonyl (C=O) groups excluding carboxylic acids is 2. The lowest BCUT2D eigenvalue weighted by molar-refractivity contribution is -0.304. The van der Waals surface area contributed by atoms with Crippen LogP contribution in [-0.4, -0.2) is 43.5 Å². The zero-order valence-corrected chi connectivity index (χ0v) is 25.5. The van der Waals surface area contributed by atoms with Gasteiger partial charge in [0.25, 0.3) is 0 Å². The van der Waals surface area contributed by atoms with Crippen molar-refractivity contribution in [2.45, 2.75) is 104 Å². The second-order valence-electron chi connectivity index (χ2n) is 11.0. The van der Waals surface area contributed by atoms with Crippen molar-refractivity contribution in [1.29, 1.82) is 0 Å². The van der Waals surface area contributed by atoms with Crippen molar-refractivity contribution in [3.63, 3.8) is 0 Å². The third kappa shape index (κ3) is 17.8. The molecule has 1 aliphatic heterocycles. The summed E-state index contributed by atoms with van der Waals surface area (Å²) < 4.78 is 16.8. The molecule has 1 atom stereocenters. The van der Waals surface area contributed by atoms with Crippen molar-refractivity contribution in [2.24, 2.45) is 5.41 Å². The topological polar surface area (TPSA) is 73.9 Å². The predicted octanol–water partition coefficient (Wildman–Crippen LogP) is 7.69. The molecule has 6 nitrogen and oxygen atoms in total. The first-order valence-electron chi connectivity index (χ1n) is 14.8. The Morgan fingerprint density at radius 3 is 1.82 bits per heavy atom. The van der Waals surface area contributed by atoms with Crippen LogP contribution in [0.15, 0.2) is 72.9 Å². The highest BCUT2D eigenvalue weighted by Gasteiger charge is 2.45. The van der Waals surface area contributed by atoms with E-state index in [1.54, 1.807) is 0 Å². The predicted molar refractivity (Wildman–Crippen MR) is 165 cm³/mol. The van der Waals surface area contributed by atoms with Crippen molar-refractivity contribution in [1.82, 2.24) is 5.32 Å². The van der Waals surface area contributed by atoms with Gasteiger partial charge in [-0.15, -0.1) is 0 Å². The van der Waals surface area contributed by atoms with E-state index in [1.165, 1.54) is 0 Å². The van der Waals surface area contributed by atoms with Gasteiger partial charge in [0.1, 0.15) is 6.10 Å². The molecule has 40 heavy (non-hydrogen) atoms. The Morgan fingerprint density at radius 2 is 1.30 bits per heavy atom. The number of esters is 1. The molecule has 0 spiro atoms. The van der Waals surface area contributed by atoms with Crippen molar-refractivity contribution in [3.8, 4) is 0 Å². The summed E-state index contributed by atoms with van der Waals surface area (Å²) in [4.78, 5) is 24.5. The molecule has 0 unspecified atom stereocenters. The van der Waals surface area contributed by atoms with Gasteiger partial charge in [-0.25, -0.2) is 0 Å². The molecule has 1 rings (SSSR count). The van der Waals surface area contributed by atoms with Crippen LogP contribution in [0.2, 0.25) is 0 Å². The van der Waals surface area contributed by atoms with Gasteiger partial charge in [0.2, 0.25) is 5.91 Å². The average molecular weight is 556 g/mol. The van der Waals surface area contributed by atoms with Crippen molar-refractivity contribution in [3.05, 3.63) is 72.9 Å². The smallest absolute Gasteiger partial charge is 0.306 e. The van der Waals surface area contributed by atoms with Crippen LogP contribution in [0.3, 0.4) is 0 Å². The van der Waals surface area contributed by atoms with Gasteiger partial charge in [-0.2, -0.15) is 0 Å². The van der Waals surface area contributed by atoms with E-state index in [9.17, 15) is 9.59 Å². The van der Waals surface area contributed by atoms with Crippen LogP contribution in [0.1, 0.15) is 92.4 Å². The lowest BCUT2D eigenvalue weighted by Crippen LogP contribution is -2.56. The molecule has 0 aromatic rings. The molecule has 0 aromatic heterocycles. The van der Waals surface area contributed by atoms with Crippen LogP contribution in [0, 0.1) is 5.41 Å². The zero-order chi connectivity index (χ0) is 29.5. The quantitative estimate of drug-likeness (QED) is 0.100. The maximum Gasteiger partial charge on any atom is 0.306 e. The molecule has 1 aliphatic rings. The van der Waals surface area contributed by atoms with Crippen LogP contribution in [0.5, 0.6) is 0 Å². The minimum atomic E-state index is -0.781. The minimum absolute atomic E-state index is 0.162. The van der Waals surface area contributed by atoms with E-state index in [2.05, 4.69) is 79.1 Å². The van der Waals surface area contributed by atoms with Gasteiger partial charge >= 0.3 is 5.97 Å². The fourth-order valence-electron chi connectivity index (χ4n) is 3.80. The maximum atomic E-state index is 12.6. The van der Waals surface area contributed by atoms with Gasteiger partial charge in [0.15, 0.2) is 5.79 Å². The highest BCUT2D eigenvalue weighted by Crippen LogP contribution is 2.34. The molecule has 1 amide bonds. The number of nitrogens with one attached hydrogen (secondary N) is 1. The summed E-state index contributed by atoms with van der Waals surface area (Å²) in [6.07, 6.45) is 32.8. The van der Waals surface area contributed by atoms with Crippen molar-refractivity contribution in [2.75, 3.05) is 19.8 Å². The average Bonchev–Trinajstić information content (AvgIpc) is 2.91. The highest BCUT2D eigenvalue weighted by atomic mass is 16.7. The molecule has 0 saturated carbocycles. The number of amides is 1. The molecule has 1 heterocycles. The first-order valence-corrected chi connectivity index (χ1v) is 14.8. The molecule has 0 radical (unpaired) electrons. The Labute approximate surface area is 243 Å². The number of hydrogen-bond donors (Lipinski definition) is 1. The third-order valence-electron chi connectivity index (χ3n) is 6.14. The second kappa shape index (κ2) is 21.1. The molecule has 0 aliphatic carbocycles. The van der Waals surface area contributed by atoms with Crippen molar-refractivity contribution < 1.29 is 23.8 Å². The molecule has 1 saturated heterocycles. The normalized spacial score (nSPS) is 19.2. The van der Waals surface area contributed by atoms with Crippen LogP contribution < -0.4 is 5.32 Å². The Bertz CT molecular complexity index is 892. The summed E-state index contributed by atoms with van der Waals surface area (Å²) in [6.45, 7) is 10.8. The summed E-state index contributed by atoms with van der Waals surface area (Å²) in [5.41, 5.74) is -0.409. The molecule has 1 fully saturated rings. The van der Waals surface area contributed by atoms with Gasteiger partial charge in [0.05, 0.1) is 13.2 Å². The number of hydrogen-bond acceptors (Lipinski definition) is 5. The van der Waals surface area contributed by atoms with Crippen LogP contribution in [0.4, 0.5) is 0 Å². The Morgan fingerprint density at radius 1 is 0.800 bits per heavy atom. The summed E-state index contributed by atoms with van der Waals surface area (Å²) in [6, 6.07) is 0. The van der Waals surface area contributed by atoms with Crippen LogP contribution in [-0.2, 0) is 23.8 Å². The Balaban J connectivity index is 2.02. The SMILES string of the molecule is CC/C=C\C/C=C\C/C=C\C/C=C\C/C=C\C/C=C\CCC(=O)OCCCNC(=O)[C@@H]1OC(C)(C)OCC1(C)C. The Hall–Kier alpha value is -2.70. The minimum Gasteiger partial charge on any atom is -0.466 e. The lowest BCUT2D eigenvalue weighted by atomic mass is 9.85. The molecular weight excluding hydrogens is 502 g/mol. The molecule has 6 heteroatoms. The first kappa shape index (κ1) is 35.3. The third-order valence-corrected chi connectivity index (χ3v) is 6.14. The summed E-state index contributed by atoms with van der Waals surface area (Å²) in [5.74, 6) is -1.16. The summed E-state index contributed by atoms with van der Waals surface area (Å²) >= 11 is 0. The lowest BCUT2D eigenvalue weighted by Gasteiger charge is -2.44. The van der Waals surface area contributed by atoms with Gasteiger partial charge in [-0.1, -0.05) is 93.7 Å². The van der Waals surface area contributed by atoms with Gasteiger partial charge in [-0.05, 0) is 65.2 Å². The molecule has 224 valence electrons. The van der Waals surface area contributed by atoms with E-state index < -0.39 is 17.3 Å². The van der Waals surface area contributed by atoms with Gasteiger partial charge < -0.3 is 19.5 Å². The zero-order valence-electron chi connectivity index (χ0n) is 25.5. The molecular formula is C34H53NO5. The first-order chi connectivity index (χ1) is 19.2. The molecule has 0 bridgehead atoms. The van der Waals surface area contributed by atoms with E-state index in [1.807, 2.05) is 33.8 Å². The summed E-state index contributed by atoms with van der Waals surface area (Å²) in [5, 5.41) is 2.89. The van der Waals surface area contributed by atoms with E-state index in [4.69, 9.17) is 14.2 Å². The fourth-order valence-corrected chi connectivity index (χ4v) is 3.80. The van der Waals surface area contributed by atoms with E-state index in [0.717, 1.165) is 38.5 Å². The van der Waals surface area contributed by atoms with E-state index in [0.29, 0.717) is 32.4 Å². The second-order valence-corrected chi connectivity index (χ2v) is 11.0. The maximum absolute atomic E-state index is 12.6. The largest absolute Gasteiger partial charge is 0.466 e. The van der Waals surface area contributed by atoms with Crippen molar-refractivity contribution >= 4 is 11.9 Å². The van der Waals surface area contributed by atoms with Crippen LogP contribution in [0.25, 0.3) is 0 Å². The number of ether oxygens (including phenoxy) is 3. The molecule has 0 aromatic carbocycles. The number of carbonyl (C=O) groups is 2. The fraction of sp³-hybridized carbons (Fsp3) is 0.588. The number of allylic oxidation sites excluding steroid dienone is 12. The Kier molecular flexibility index (Phi) is 18.6. The monoisotopic (exact) mass is 555 g/mol. The van der Waals surface area contributed by atoms with Crippen LogP contribution >= 0.6 is 0 Å². The molecule has 1 N–H and O–H groups in total. The highest BCUT2D eigenvalue weighted by molar-refractivity contribution is 5.81. The van der Waals surface area contributed by atoms with Gasteiger partial charge in [-0.3, -0.25) is 9.59 Å². The van der Waals surface area contributed by atoms with E-state index in [-0.39, 0.29) is 18.5 Å². The standard InChI is InChI=1S/C34H53NO5/c1-6-7-8-9-10-11-12-13-14-15-16-17-18-19-20-21-22-23-24-26-30(36)38-28-25-27-35-32(37)31-33(2,3)29-39-34(4,5)40-31/h7-8,10-11,13-14,16-17,19-20,22-23,31H,6,9,12,15,18,21,24-29H2,1-5H3,(H,35,37)/b8-7-,11-10-,14-13-,17-16-,20-19-,23-22-/t31-/m0/s1. The van der Waals surface area contributed by atoms with E-state index >= 15 is 0 Å².